The second-order valence-electron chi connectivity index (χ2n) is 4.95. The Labute approximate surface area is 124 Å². The molecular weight excluding hydrogens is 258 g/mol. The molecule has 0 bridgehead atoms. The number of aliphatic hydroxyl groups is 1. The van der Waals surface area contributed by atoms with E-state index < -0.39 is 0 Å². The Hall–Kier alpha value is -2.45. The van der Waals surface area contributed by atoms with Crippen molar-refractivity contribution in [3.8, 4) is 0 Å². The zero-order chi connectivity index (χ0) is 14.7. The molecule has 3 aromatic carbocycles. The smallest absolute Gasteiger partial charge is 0.0721 e. The van der Waals surface area contributed by atoms with Crippen molar-refractivity contribution in [3.05, 3.63) is 83.4 Å². The zero-order valence-corrected chi connectivity index (χ0v) is 12.0. The van der Waals surface area contributed by atoms with E-state index in [4.69, 9.17) is 5.11 Å². The highest BCUT2D eigenvalue weighted by Gasteiger charge is 2.09. The van der Waals surface area contributed by atoms with Crippen LogP contribution >= 0.6 is 0 Å². The lowest BCUT2D eigenvalue weighted by Gasteiger charge is -2.10. The average molecular weight is 275 g/mol. The molecule has 0 spiro atoms. The molecule has 2 heteroatoms. The Morgan fingerprint density at radius 3 is 2.33 bits per heavy atom. The van der Waals surface area contributed by atoms with Gasteiger partial charge in [-0.2, -0.15) is 0 Å². The molecule has 0 saturated heterocycles. The minimum Gasteiger partial charge on any atom is -0.392 e. The molecule has 0 fully saturated rings. The molecule has 0 aliphatic heterocycles. The molecular formula is C19H17NO. The van der Waals surface area contributed by atoms with E-state index in [9.17, 15) is 0 Å². The molecule has 0 saturated carbocycles. The molecule has 0 amide bonds. The van der Waals surface area contributed by atoms with Crippen LogP contribution in [0.3, 0.4) is 0 Å². The summed E-state index contributed by atoms with van der Waals surface area (Å²) < 4.78 is 0. The van der Waals surface area contributed by atoms with Gasteiger partial charge >= 0.3 is 0 Å². The number of hydrogen-bond acceptors (Lipinski definition) is 2. The highest BCUT2D eigenvalue weighted by Crippen LogP contribution is 2.22. The van der Waals surface area contributed by atoms with Crippen LogP contribution in [0.25, 0.3) is 10.8 Å². The molecule has 2 nitrogen and oxygen atoms in total. The van der Waals surface area contributed by atoms with E-state index in [2.05, 4.69) is 35.3 Å². The minimum absolute atomic E-state index is 0.0626. The molecule has 0 aromatic heterocycles. The molecule has 0 aliphatic rings. The van der Waals surface area contributed by atoms with Crippen LogP contribution in [0.2, 0.25) is 0 Å². The Bertz CT molecular complexity index is 783. The Kier molecular flexibility index (Phi) is 3.80. The van der Waals surface area contributed by atoms with Gasteiger partial charge in [-0.1, -0.05) is 66.7 Å². The van der Waals surface area contributed by atoms with Crippen molar-refractivity contribution in [2.45, 2.75) is 6.61 Å². The van der Waals surface area contributed by atoms with Gasteiger partial charge in [0, 0.05) is 18.2 Å². The lowest BCUT2D eigenvalue weighted by Crippen LogP contribution is -2.04. The summed E-state index contributed by atoms with van der Waals surface area (Å²) in [5.74, 6) is 0. The molecule has 0 atom stereocenters. The van der Waals surface area contributed by atoms with Gasteiger partial charge in [0.1, 0.15) is 0 Å². The summed E-state index contributed by atoms with van der Waals surface area (Å²) in [5, 5.41) is 11.6. The standard InChI is InChI=1S/C19H17NO/c1-20-19(16-11-9-14(13-21)10-12-16)18-8-4-6-15-5-2-3-7-17(15)18/h2-12,21H,13H2,1H3/b20-19-. The summed E-state index contributed by atoms with van der Waals surface area (Å²) in [6.07, 6.45) is 0. The van der Waals surface area contributed by atoms with Crippen LogP contribution in [0.4, 0.5) is 0 Å². The minimum atomic E-state index is 0.0626. The van der Waals surface area contributed by atoms with E-state index in [0.717, 1.165) is 22.4 Å². The number of hydrogen-bond donors (Lipinski definition) is 1. The predicted octanol–water partition coefficient (Wildman–Crippen LogP) is 3.80. The third-order valence-electron chi connectivity index (χ3n) is 3.68. The Balaban J connectivity index is 2.14. The van der Waals surface area contributed by atoms with Crippen LogP contribution in [-0.4, -0.2) is 17.9 Å². The summed E-state index contributed by atoms with van der Waals surface area (Å²) in [7, 11) is 1.82. The molecule has 3 rings (SSSR count). The van der Waals surface area contributed by atoms with Gasteiger partial charge in [0.15, 0.2) is 0 Å². The van der Waals surface area contributed by atoms with Crippen LogP contribution in [0.1, 0.15) is 16.7 Å². The van der Waals surface area contributed by atoms with Gasteiger partial charge in [0.05, 0.1) is 12.3 Å². The summed E-state index contributed by atoms with van der Waals surface area (Å²) >= 11 is 0. The van der Waals surface area contributed by atoms with Gasteiger partial charge in [-0.05, 0) is 16.3 Å². The second kappa shape index (κ2) is 5.90. The average Bonchev–Trinajstić information content (AvgIpc) is 2.56. The number of fused-ring (bicyclic) bond motifs is 1. The SMILES string of the molecule is C/N=C(/c1ccc(CO)cc1)c1cccc2ccccc12. The topological polar surface area (TPSA) is 32.6 Å². The van der Waals surface area contributed by atoms with Crippen molar-refractivity contribution in [1.29, 1.82) is 0 Å². The van der Waals surface area contributed by atoms with E-state index in [1.54, 1.807) is 0 Å². The van der Waals surface area contributed by atoms with Gasteiger partial charge in [-0.15, -0.1) is 0 Å². The molecule has 104 valence electrons. The Morgan fingerprint density at radius 2 is 1.62 bits per heavy atom. The second-order valence-corrected chi connectivity index (χ2v) is 4.95. The van der Waals surface area contributed by atoms with Gasteiger partial charge in [-0.25, -0.2) is 0 Å². The van der Waals surface area contributed by atoms with Gasteiger partial charge in [0.2, 0.25) is 0 Å². The van der Waals surface area contributed by atoms with E-state index >= 15 is 0 Å². The summed E-state index contributed by atoms with van der Waals surface area (Å²) in [4.78, 5) is 4.49. The maximum Gasteiger partial charge on any atom is 0.0721 e. The molecule has 21 heavy (non-hydrogen) atoms. The first kappa shape index (κ1) is 13.5. The fraction of sp³-hybridized carbons (Fsp3) is 0.105. The Morgan fingerprint density at radius 1 is 0.905 bits per heavy atom. The fourth-order valence-electron chi connectivity index (χ4n) is 2.60. The first-order valence-corrected chi connectivity index (χ1v) is 6.98. The largest absolute Gasteiger partial charge is 0.392 e. The van der Waals surface area contributed by atoms with Crippen molar-refractivity contribution in [2.24, 2.45) is 4.99 Å². The van der Waals surface area contributed by atoms with Gasteiger partial charge in [0.25, 0.3) is 0 Å². The quantitative estimate of drug-likeness (QED) is 0.725. The molecule has 0 unspecified atom stereocenters. The highest BCUT2D eigenvalue weighted by atomic mass is 16.3. The lowest BCUT2D eigenvalue weighted by molar-refractivity contribution is 0.282. The first-order valence-electron chi connectivity index (χ1n) is 6.98. The third-order valence-corrected chi connectivity index (χ3v) is 3.68. The van der Waals surface area contributed by atoms with Crippen molar-refractivity contribution in [1.82, 2.24) is 0 Å². The molecule has 0 aliphatic carbocycles. The zero-order valence-electron chi connectivity index (χ0n) is 12.0. The summed E-state index contributed by atoms with van der Waals surface area (Å²) in [6, 6.07) is 22.5. The lowest BCUT2D eigenvalue weighted by atomic mass is 9.96. The predicted molar refractivity (Wildman–Crippen MR) is 87.9 cm³/mol. The third kappa shape index (κ3) is 2.58. The number of nitrogens with zero attached hydrogens (tertiary/aromatic N) is 1. The van der Waals surface area contributed by atoms with Crippen LogP contribution in [0, 0.1) is 0 Å². The van der Waals surface area contributed by atoms with Crippen molar-refractivity contribution in [3.63, 3.8) is 0 Å². The molecule has 0 radical (unpaired) electrons. The van der Waals surface area contributed by atoms with E-state index in [1.165, 1.54) is 10.8 Å². The van der Waals surface area contributed by atoms with Gasteiger partial charge in [-0.3, -0.25) is 4.99 Å². The number of aliphatic imine (C=N–C) groups is 1. The van der Waals surface area contributed by atoms with Crippen LogP contribution < -0.4 is 0 Å². The summed E-state index contributed by atoms with van der Waals surface area (Å²) in [6.45, 7) is 0.0626. The number of benzene rings is 3. The highest BCUT2D eigenvalue weighted by molar-refractivity contribution is 6.19. The molecule has 1 N–H and O–H groups in total. The van der Waals surface area contributed by atoms with Crippen LogP contribution in [0.15, 0.2) is 71.7 Å². The fourth-order valence-corrected chi connectivity index (χ4v) is 2.60. The molecule has 3 aromatic rings. The maximum absolute atomic E-state index is 9.15. The van der Waals surface area contributed by atoms with E-state index in [1.807, 2.05) is 43.4 Å². The monoisotopic (exact) mass is 275 g/mol. The van der Waals surface area contributed by atoms with Crippen molar-refractivity contribution in [2.75, 3.05) is 7.05 Å². The van der Waals surface area contributed by atoms with E-state index in [0.29, 0.717) is 0 Å². The van der Waals surface area contributed by atoms with E-state index in [-0.39, 0.29) is 6.61 Å². The maximum atomic E-state index is 9.15. The normalized spacial score (nSPS) is 11.8. The first-order chi connectivity index (χ1) is 10.3. The molecule has 0 heterocycles. The van der Waals surface area contributed by atoms with Crippen LogP contribution in [0.5, 0.6) is 0 Å². The summed E-state index contributed by atoms with van der Waals surface area (Å²) in [5.41, 5.74) is 4.07. The van der Waals surface area contributed by atoms with Crippen molar-refractivity contribution < 1.29 is 5.11 Å². The van der Waals surface area contributed by atoms with Gasteiger partial charge < -0.3 is 5.11 Å². The van der Waals surface area contributed by atoms with Crippen LogP contribution in [-0.2, 0) is 6.61 Å². The number of rotatable bonds is 3. The van der Waals surface area contributed by atoms with Crippen molar-refractivity contribution >= 4 is 16.5 Å². The number of aliphatic hydroxyl groups excluding tert-OH is 1.